The first-order valence-corrected chi connectivity index (χ1v) is 6.28. The van der Waals surface area contributed by atoms with E-state index >= 15 is 0 Å². The van der Waals surface area contributed by atoms with Crippen LogP contribution in [0.25, 0.3) is 0 Å². The highest BCUT2D eigenvalue weighted by Gasteiger charge is 2.18. The fourth-order valence-corrected chi connectivity index (χ4v) is 1.66. The van der Waals surface area contributed by atoms with Gasteiger partial charge in [0.25, 0.3) is 0 Å². The van der Waals surface area contributed by atoms with E-state index in [9.17, 15) is 4.79 Å². The molecule has 0 unspecified atom stereocenters. The molecule has 0 fully saturated rings. The van der Waals surface area contributed by atoms with E-state index in [1.807, 2.05) is 6.26 Å². The van der Waals surface area contributed by atoms with E-state index in [4.69, 9.17) is 17.3 Å². The molecule has 0 aromatic rings. The van der Waals surface area contributed by atoms with Gasteiger partial charge in [-0.1, -0.05) is 12.2 Å². The number of thiocarbonyl (C=S) groups is 1. The SMILES string of the molecule is CSCCCC(=S)N(C)[C@@H](C)C(=O)O. The number of carboxylic acids is 1. The average molecular weight is 235 g/mol. The smallest absolute Gasteiger partial charge is 0.326 e. The molecular weight excluding hydrogens is 218 g/mol. The lowest BCUT2D eigenvalue weighted by atomic mass is 10.2. The summed E-state index contributed by atoms with van der Waals surface area (Å²) in [5, 5.41) is 8.77. The third-order valence-electron chi connectivity index (χ3n) is 2.07. The summed E-state index contributed by atoms with van der Waals surface area (Å²) in [5.74, 6) is 0.231. The Bertz CT molecular complexity index is 209. The van der Waals surface area contributed by atoms with Crippen LogP contribution >= 0.6 is 24.0 Å². The molecule has 0 aliphatic rings. The molecule has 3 nitrogen and oxygen atoms in total. The maximum atomic E-state index is 10.7. The molecule has 0 heterocycles. The van der Waals surface area contributed by atoms with E-state index in [0.717, 1.165) is 23.6 Å². The molecule has 5 heteroatoms. The van der Waals surface area contributed by atoms with Crippen LogP contribution in [0.3, 0.4) is 0 Å². The second kappa shape index (κ2) is 7.06. The van der Waals surface area contributed by atoms with Gasteiger partial charge in [0, 0.05) is 7.05 Å². The zero-order chi connectivity index (χ0) is 11.1. The van der Waals surface area contributed by atoms with Crippen molar-refractivity contribution in [2.24, 2.45) is 0 Å². The number of hydrogen-bond acceptors (Lipinski definition) is 3. The molecule has 0 radical (unpaired) electrons. The molecule has 0 saturated heterocycles. The summed E-state index contributed by atoms with van der Waals surface area (Å²) >= 11 is 6.91. The number of carboxylic acid groups (broad SMARTS) is 1. The highest BCUT2D eigenvalue weighted by Crippen LogP contribution is 2.06. The number of hydrogen-bond donors (Lipinski definition) is 1. The predicted octanol–water partition coefficient (Wildman–Crippen LogP) is 1.86. The third-order valence-corrected chi connectivity index (χ3v) is 3.26. The fraction of sp³-hybridized carbons (Fsp3) is 0.778. The Morgan fingerprint density at radius 2 is 2.21 bits per heavy atom. The molecule has 82 valence electrons. The van der Waals surface area contributed by atoms with Crippen LogP contribution in [0.1, 0.15) is 19.8 Å². The van der Waals surface area contributed by atoms with Gasteiger partial charge in [0.15, 0.2) is 0 Å². The summed E-state index contributed by atoms with van der Waals surface area (Å²) in [5.41, 5.74) is 0. The summed E-state index contributed by atoms with van der Waals surface area (Å²) < 4.78 is 0. The zero-order valence-corrected chi connectivity index (χ0v) is 10.5. The van der Waals surface area contributed by atoms with Gasteiger partial charge in [-0.3, -0.25) is 0 Å². The van der Waals surface area contributed by atoms with Crippen molar-refractivity contribution in [2.45, 2.75) is 25.8 Å². The minimum atomic E-state index is -0.834. The highest BCUT2D eigenvalue weighted by atomic mass is 32.2. The van der Waals surface area contributed by atoms with Crippen LogP contribution in [0.2, 0.25) is 0 Å². The minimum Gasteiger partial charge on any atom is -0.480 e. The van der Waals surface area contributed by atoms with Gasteiger partial charge >= 0.3 is 5.97 Å². The van der Waals surface area contributed by atoms with Gasteiger partial charge in [0.05, 0.1) is 4.99 Å². The number of aliphatic carboxylic acids is 1. The van der Waals surface area contributed by atoms with Gasteiger partial charge in [-0.2, -0.15) is 11.8 Å². The molecule has 0 aliphatic heterocycles. The van der Waals surface area contributed by atoms with Crippen LogP contribution in [-0.4, -0.2) is 46.1 Å². The first-order valence-electron chi connectivity index (χ1n) is 4.48. The Morgan fingerprint density at radius 1 is 1.64 bits per heavy atom. The van der Waals surface area contributed by atoms with Gasteiger partial charge in [0.2, 0.25) is 0 Å². The van der Waals surface area contributed by atoms with Gasteiger partial charge in [-0.25, -0.2) is 4.79 Å². The summed E-state index contributed by atoms with van der Waals surface area (Å²) in [6.45, 7) is 1.64. The van der Waals surface area contributed by atoms with E-state index in [1.165, 1.54) is 0 Å². The quantitative estimate of drug-likeness (QED) is 0.562. The van der Waals surface area contributed by atoms with Crippen LogP contribution in [-0.2, 0) is 4.79 Å². The molecule has 0 aromatic heterocycles. The van der Waals surface area contributed by atoms with Crippen molar-refractivity contribution < 1.29 is 9.90 Å². The highest BCUT2D eigenvalue weighted by molar-refractivity contribution is 7.98. The fourth-order valence-electron chi connectivity index (χ4n) is 0.926. The number of rotatable bonds is 6. The molecule has 0 bridgehead atoms. The van der Waals surface area contributed by atoms with Crippen molar-refractivity contribution in [1.82, 2.24) is 4.90 Å². The second-order valence-corrected chi connectivity index (χ2v) is 4.57. The second-order valence-electron chi connectivity index (χ2n) is 3.12. The molecule has 14 heavy (non-hydrogen) atoms. The predicted molar refractivity (Wildman–Crippen MR) is 65.1 cm³/mol. The Labute approximate surface area is 94.9 Å². The maximum absolute atomic E-state index is 10.7. The Balaban J connectivity index is 3.92. The zero-order valence-electron chi connectivity index (χ0n) is 8.82. The standard InChI is InChI=1S/C9H17NO2S2/c1-7(9(11)12)10(2)8(13)5-4-6-14-3/h7H,4-6H2,1-3H3,(H,11,12)/t7-/m0/s1. The third kappa shape index (κ3) is 4.81. The summed E-state index contributed by atoms with van der Waals surface area (Å²) in [6.07, 6.45) is 3.85. The number of carbonyl (C=O) groups is 1. The lowest BCUT2D eigenvalue weighted by Crippen LogP contribution is -2.39. The van der Waals surface area contributed by atoms with Crippen LogP contribution in [0.15, 0.2) is 0 Å². The minimum absolute atomic E-state index is 0.531. The molecule has 0 saturated carbocycles. The summed E-state index contributed by atoms with van der Waals surface area (Å²) in [7, 11) is 1.74. The van der Waals surface area contributed by atoms with Crippen molar-refractivity contribution in [2.75, 3.05) is 19.1 Å². The molecule has 0 rings (SSSR count). The Hall–Kier alpha value is -0.290. The van der Waals surface area contributed by atoms with E-state index < -0.39 is 12.0 Å². The summed E-state index contributed by atoms with van der Waals surface area (Å²) in [6, 6.07) is -0.531. The van der Waals surface area contributed by atoms with Crippen molar-refractivity contribution in [1.29, 1.82) is 0 Å². The van der Waals surface area contributed by atoms with Crippen LogP contribution in [0.5, 0.6) is 0 Å². The van der Waals surface area contributed by atoms with Crippen molar-refractivity contribution >= 4 is 34.9 Å². The van der Waals surface area contributed by atoms with Crippen molar-refractivity contribution in [3.05, 3.63) is 0 Å². The van der Waals surface area contributed by atoms with Crippen LogP contribution in [0, 0.1) is 0 Å². The van der Waals surface area contributed by atoms with Gasteiger partial charge in [-0.15, -0.1) is 0 Å². The molecule has 0 amide bonds. The molecule has 0 aromatic carbocycles. The normalized spacial score (nSPS) is 12.2. The molecule has 1 N–H and O–H groups in total. The number of likely N-dealkylation sites (N-methyl/N-ethyl adjacent to an activating group) is 1. The van der Waals surface area contributed by atoms with Gasteiger partial charge in [0.1, 0.15) is 6.04 Å². The van der Waals surface area contributed by atoms with Crippen LogP contribution < -0.4 is 0 Å². The molecule has 0 spiro atoms. The monoisotopic (exact) mass is 235 g/mol. The lowest BCUT2D eigenvalue weighted by molar-refractivity contribution is -0.140. The summed E-state index contributed by atoms with van der Waals surface area (Å²) in [4.78, 5) is 13.1. The first kappa shape index (κ1) is 13.7. The molecule has 0 aliphatic carbocycles. The Morgan fingerprint density at radius 3 is 2.64 bits per heavy atom. The molecular formula is C9H17NO2S2. The largest absolute Gasteiger partial charge is 0.480 e. The van der Waals surface area contributed by atoms with Gasteiger partial charge in [-0.05, 0) is 31.8 Å². The first-order chi connectivity index (χ1) is 6.50. The van der Waals surface area contributed by atoms with Crippen molar-refractivity contribution in [3.63, 3.8) is 0 Å². The Kier molecular flexibility index (Phi) is 6.92. The maximum Gasteiger partial charge on any atom is 0.326 e. The number of nitrogens with zero attached hydrogens (tertiary/aromatic N) is 1. The molecule has 1 atom stereocenters. The number of thioether (sulfide) groups is 1. The lowest BCUT2D eigenvalue weighted by Gasteiger charge is -2.24. The van der Waals surface area contributed by atoms with E-state index in [1.54, 1.807) is 30.6 Å². The average Bonchev–Trinajstić information content (AvgIpc) is 2.15. The topological polar surface area (TPSA) is 40.5 Å². The van der Waals surface area contributed by atoms with Gasteiger partial charge < -0.3 is 10.0 Å². The van der Waals surface area contributed by atoms with Crippen molar-refractivity contribution in [3.8, 4) is 0 Å². The van der Waals surface area contributed by atoms with E-state index in [-0.39, 0.29) is 0 Å². The van der Waals surface area contributed by atoms with E-state index in [0.29, 0.717) is 0 Å². The van der Waals surface area contributed by atoms with Crippen LogP contribution in [0.4, 0.5) is 0 Å². The van der Waals surface area contributed by atoms with E-state index in [2.05, 4.69) is 0 Å².